The van der Waals surface area contributed by atoms with Crippen LogP contribution < -0.4 is 5.32 Å². The number of rotatable bonds is 7. The molecule has 0 spiro atoms. The van der Waals surface area contributed by atoms with Gasteiger partial charge in [-0.2, -0.15) is 0 Å². The molecule has 0 aromatic rings. The highest BCUT2D eigenvalue weighted by Gasteiger charge is 2.39. The molecule has 1 aliphatic carbocycles. The number of hydrogen-bond donors (Lipinski definition) is 1. The summed E-state index contributed by atoms with van der Waals surface area (Å²) in [5.74, 6) is -0.145. The Morgan fingerprint density at radius 2 is 2.12 bits per heavy atom. The lowest BCUT2D eigenvalue weighted by atomic mass is 10.0. The summed E-state index contributed by atoms with van der Waals surface area (Å²) in [6.45, 7) is 6.49. The van der Waals surface area contributed by atoms with Crippen LogP contribution in [0.4, 0.5) is 4.79 Å². The summed E-state index contributed by atoms with van der Waals surface area (Å²) in [4.78, 5) is 40.0. The standard InChI is InChI=1S/C18H29N3O3/c1-4-10-20(14-8-6-5-7-9-14)16(22)12-21-17(23)15(11-13(2)3)19-18(21)24/h8,13,15H,4-7,9-12H2,1-3H3,(H,19,24). The summed E-state index contributed by atoms with van der Waals surface area (Å²) in [7, 11) is 0. The average Bonchev–Trinajstić information content (AvgIpc) is 2.80. The van der Waals surface area contributed by atoms with E-state index in [1.807, 2.05) is 20.8 Å². The number of carbonyl (C=O) groups is 3. The molecule has 2 rings (SSSR count). The Bertz CT molecular complexity index is 528. The Hall–Kier alpha value is -1.85. The third-order valence-corrected chi connectivity index (χ3v) is 4.47. The van der Waals surface area contributed by atoms with E-state index in [0.29, 0.717) is 18.9 Å². The van der Waals surface area contributed by atoms with Crippen molar-refractivity contribution in [3.8, 4) is 0 Å². The first-order chi connectivity index (χ1) is 11.4. The number of nitrogens with zero attached hydrogens (tertiary/aromatic N) is 2. The summed E-state index contributed by atoms with van der Waals surface area (Å²) in [6.07, 6.45) is 7.67. The molecule has 0 aromatic heterocycles. The van der Waals surface area contributed by atoms with Crippen molar-refractivity contribution in [1.82, 2.24) is 15.1 Å². The first kappa shape index (κ1) is 18.5. The average molecular weight is 335 g/mol. The highest BCUT2D eigenvalue weighted by atomic mass is 16.2. The minimum atomic E-state index is -0.501. The molecule has 1 aliphatic heterocycles. The van der Waals surface area contributed by atoms with Crippen LogP contribution in [0.15, 0.2) is 11.8 Å². The van der Waals surface area contributed by atoms with Gasteiger partial charge in [0.15, 0.2) is 0 Å². The van der Waals surface area contributed by atoms with E-state index < -0.39 is 12.1 Å². The highest BCUT2D eigenvalue weighted by molar-refractivity contribution is 6.06. The maximum atomic E-state index is 12.7. The number of amides is 4. The van der Waals surface area contributed by atoms with Crippen LogP contribution in [0.5, 0.6) is 0 Å². The second-order valence-electron chi connectivity index (χ2n) is 7.04. The Kier molecular flexibility index (Phi) is 6.40. The zero-order valence-corrected chi connectivity index (χ0v) is 15.0. The van der Waals surface area contributed by atoms with Gasteiger partial charge in [-0.15, -0.1) is 0 Å². The minimum Gasteiger partial charge on any atom is -0.326 e. The minimum absolute atomic E-state index is 0.168. The fourth-order valence-electron chi connectivity index (χ4n) is 3.30. The molecule has 1 heterocycles. The molecule has 0 aromatic carbocycles. The summed E-state index contributed by atoms with van der Waals surface area (Å²) in [5.41, 5.74) is 1.04. The van der Waals surface area contributed by atoms with Crippen LogP contribution in [-0.4, -0.2) is 46.8 Å². The first-order valence-corrected chi connectivity index (χ1v) is 9.05. The van der Waals surface area contributed by atoms with Gasteiger partial charge in [0.2, 0.25) is 5.91 Å². The second-order valence-corrected chi connectivity index (χ2v) is 7.04. The lowest BCUT2D eigenvalue weighted by molar-refractivity contribution is -0.136. The lowest BCUT2D eigenvalue weighted by Gasteiger charge is -2.28. The fraction of sp³-hybridized carbons (Fsp3) is 0.722. The quantitative estimate of drug-likeness (QED) is 0.727. The molecule has 4 amide bonds. The van der Waals surface area contributed by atoms with E-state index in [-0.39, 0.29) is 18.4 Å². The molecule has 1 unspecified atom stereocenters. The number of urea groups is 1. The third-order valence-electron chi connectivity index (χ3n) is 4.47. The van der Waals surface area contributed by atoms with Gasteiger partial charge >= 0.3 is 6.03 Å². The Morgan fingerprint density at radius 3 is 2.71 bits per heavy atom. The van der Waals surface area contributed by atoms with Crippen molar-refractivity contribution in [3.63, 3.8) is 0 Å². The van der Waals surface area contributed by atoms with Gasteiger partial charge in [0, 0.05) is 12.2 Å². The highest BCUT2D eigenvalue weighted by Crippen LogP contribution is 2.22. The molecule has 1 atom stereocenters. The van der Waals surface area contributed by atoms with Gasteiger partial charge in [0.25, 0.3) is 5.91 Å². The van der Waals surface area contributed by atoms with Crippen molar-refractivity contribution >= 4 is 17.8 Å². The first-order valence-electron chi connectivity index (χ1n) is 9.05. The van der Waals surface area contributed by atoms with Crippen LogP contribution in [-0.2, 0) is 9.59 Å². The van der Waals surface area contributed by atoms with Gasteiger partial charge in [-0.25, -0.2) is 4.79 Å². The summed E-state index contributed by atoms with van der Waals surface area (Å²) in [5, 5.41) is 2.69. The van der Waals surface area contributed by atoms with Crippen LogP contribution in [0.3, 0.4) is 0 Å². The monoisotopic (exact) mass is 335 g/mol. The Morgan fingerprint density at radius 1 is 1.38 bits per heavy atom. The number of hydrogen-bond acceptors (Lipinski definition) is 3. The summed E-state index contributed by atoms with van der Waals surface area (Å²) < 4.78 is 0. The van der Waals surface area contributed by atoms with E-state index in [0.717, 1.165) is 42.7 Å². The van der Waals surface area contributed by atoms with Crippen LogP contribution in [0, 0.1) is 5.92 Å². The summed E-state index contributed by atoms with van der Waals surface area (Å²) in [6, 6.07) is -0.952. The molecule has 1 fully saturated rings. The number of nitrogens with one attached hydrogen (secondary N) is 1. The maximum absolute atomic E-state index is 12.7. The van der Waals surface area contributed by atoms with Gasteiger partial charge in [-0.1, -0.05) is 26.8 Å². The predicted molar refractivity (Wildman–Crippen MR) is 92.0 cm³/mol. The molecule has 6 heteroatoms. The van der Waals surface area contributed by atoms with Crippen LogP contribution in [0.25, 0.3) is 0 Å². The van der Waals surface area contributed by atoms with Crippen LogP contribution in [0.1, 0.15) is 59.3 Å². The van der Waals surface area contributed by atoms with Gasteiger partial charge < -0.3 is 10.2 Å². The maximum Gasteiger partial charge on any atom is 0.325 e. The topological polar surface area (TPSA) is 69.7 Å². The molecular weight excluding hydrogens is 306 g/mol. The SMILES string of the molecule is CCCN(C(=O)CN1C(=O)NC(CC(C)C)C1=O)C1=CCCCC1. The van der Waals surface area contributed by atoms with Crippen molar-refractivity contribution in [2.75, 3.05) is 13.1 Å². The molecule has 2 aliphatic rings. The van der Waals surface area contributed by atoms with Gasteiger partial charge in [-0.3, -0.25) is 14.5 Å². The van der Waals surface area contributed by atoms with Gasteiger partial charge in [0.05, 0.1) is 0 Å². The van der Waals surface area contributed by atoms with Crippen molar-refractivity contribution < 1.29 is 14.4 Å². The smallest absolute Gasteiger partial charge is 0.325 e. The van der Waals surface area contributed by atoms with E-state index in [4.69, 9.17) is 0 Å². The zero-order chi connectivity index (χ0) is 17.7. The van der Waals surface area contributed by atoms with Gasteiger partial charge in [0.1, 0.15) is 12.6 Å². The lowest BCUT2D eigenvalue weighted by Crippen LogP contribution is -2.43. The molecular formula is C18H29N3O3. The molecule has 0 saturated carbocycles. The number of allylic oxidation sites excluding steroid dienone is 2. The molecule has 6 nitrogen and oxygen atoms in total. The van der Waals surface area contributed by atoms with Crippen molar-refractivity contribution in [3.05, 3.63) is 11.8 Å². The van der Waals surface area contributed by atoms with E-state index in [1.165, 1.54) is 0 Å². The molecule has 0 radical (unpaired) electrons. The van der Waals surface area contributed by atoms with Crippen molar-refractivity contribution in [2.24, 2.45) is 5.92 Å². The van der Waals surface area contributed by atoms with Gasteiger partial charge in [-0.05, 0) is 44.4 Å². The molecule has 1 saturated heterocycles. The number of carbonyl (C=O) groups excluding carboxylic acids is 3. The normalized spacial score (nSPS) is 21.1. The predicted octanol–water partition coefficient (Wildman–Crippen LogP) is 2.65. The fourth-order valence-corrected chi connectivity index (χ4v) is 3.30. The van der Waals surface area contributed by atoms with Crippen LogP contribution >= 0.6 is 0 Å². The van der Waals surface area contributed by atoms with Crippen molar-refractivity contribution in [1.29, 1.82) is 0 Å². The molecule has 24 heavy (non-hydrogen) atoms. The molecule has 134 valence electrons. The Labute approximate surface area is 144 Å². The van der Waals surface area contributed by atoms with E-state index >= 15 is 0 Å². The van der Waals surface area contributed by atoms with E-state index in [1.54, 1.807) is 4.90 Å². The number of imide groups is 1. The largest absolute Gasteiger partial charge is 0.326 e. The second kappa shape index (κ2) is 8.31. The zero-order valence-electron chi connectivity index (χ0n) is 15.0. The van der Waals surface area contributed by atoms with Crippen molar-refractivity contribution in [2.45, 2.75) is 65.3 Å². The van der Waals surface area contributed by atoms with E-state index in [9.17, 15) is 14.4 Å². The van der Waals surface area contributed by atoms with Crippen LogP contribution in [0.2, 0.25) is 0 Å². The summed E-state index contributed by atoms with van der Waals surface area (Å²) >= 11 is 0. The molecule has 1 N–H and O–H groups in total. The third kappa shape index (κ3) is 4.36. The van der Waals surface area contributed by atoms with E-state index in [2.05, 4.69) is 11.4 Å². The molecule has 0 bridgehead atoms. The Balaban J connectivity index is 2.04.